The van der Waals surface area contributed by atoms with E-state index in [4.69, 9.17) is 21.4 Å². The zero-order valence-corrected chi connectivity index (χ0v) is 10.4. The number of phenols is 1. The van der Waals surface area contributed by atoms with Gasteiger partial charge in [0.15, 0.2) is 11.5 Å². The molecule has 0 amide bonds. The summed E-state index contributed by atoms with van der Waals surface area (Å²) in [6, 6.07) is 0.863. The van der Waals surface area contributed by atoms with E-state index >= 15 is 0 Å². The predicted molar refractivity (Wildman–Crippen MR) is 62.8 cm³/mol. The number of aromatic hydroxyl groups is 1. The van der Waals surface area contributed by atoms with Crippen LogP contribution in [0.2, 0.25) is 5.02 Å². The van der Waals surface area contributed by atoms with E-state index < -0.39 is 17.2 Å². The smallest absolute Gasteiger partial charge is 0.304 e. The molecule has 0 aromatic heterocycles. The Hall–Kier alpha value is -1.49. The standard InChI is InChI=1S/C12H12ClFO4/c1-18-11-7(15)4-6(14)10(13)9(11)12(2-3-12)5-8(16)17/h4,15H,2-3,5H2,1H3,(H,16,17). The van der Waals surface area contributed by atoms with Gasteiger partial charge in [0.25, 0.3) is 0 Å². The summed E-state index contributed by atoms with van der Waals surface area (Å²) >= 11 is 5.90. The number of ether oxygens (including phenoxy) is 1. The summed E-state index contributed by atoms with van der Waals surface area (Å²) in [6.07, 6.45) is 1.00. The molecule has 2 rings (SSSR count). The van der Waals surface area contributed by atoms with Gasteiger partial charge in [0.2, 0.25) is 0 Å². The number of hydrogen-bond acceptors (Lipinski definition) is 3. The summed E-state index contributed by atoms with van der Waals surface area (Å²) in [7, 11) is 1.32. The van der Waals surface area contributed by atoms with Gasteiger partial charge >= 0.3 is 5.97 Å². The van der Waals surface area contributed by atoms with E-state index in [9.17, 15) is 14.3 Å². The summed E-state index contributed by atoms with van der Waals surface area (Å²) in [4.78, 5) is 10.9. The average molecular weight is 275 g/mol. The Morgan fingerprint density at radius 1 is 1.61 bits per heavy atom. The lowest BCUT2D eigenvalue weighted by molar-refractivity contribution is -0.137. The van der Waals surface area contributed by atoms with Gasteiger partial charge in [-0.15, -0.1) is 0 Å². The molecule has 1 aromatic carbocycles. The molecule has 1 saturated carbocycles. The summed E-state index contributed by atoms with van der Waals surface area (Å²) in [5.41, 5.74) is -0.472. The molecule has 98 valence electrons. The second-order valence-electron chi connectivity index (χ2n) is 4.45. The number of carboxylic acid groups (broad SMARTS) is 1. The van der Waals surface area contributed by atoms with Gasteiger partial charge in [-0.2, -0.15) is 0 Å². The third-order valence-corrected chi connectivity index (χ3v) is 3.60. The lowest BCUT2D eigenvalue weighted by Gasteiger charge is -2.19. The van der Waals surface area contributed by atoms with Gasteiger partial charge in [-0.3, -0.25) is 4.79 Å². The first-order valence-corrected chi connectivity index (χ1v) is 5.76. The molecule has 6 heteroatoms. The van der Waals surface area contributed by atoms with E-state index in [-0.39, 0.29) is 28.5 Å². The van der Waals surface area contributed by atoms with Gasteiger partial charge in [0.05, 0.1) is 18.6 Å². The molecule has 0 heterocycles. The first-order chi connectivity index (χ1) is 8.41. The Labute approximate surface area is 108 Å². The van der Waals surface area contributed by atoms with Gasteiger partial charge in [0, 0.05) is 17.0 Å². The van der Waals surface area contributed by atoms with E-state index in [1.54, 1.807) is 0 Å². The zero-order chi connectivity index (χ0) is 13.5. The highest BCUT2D eigenvalue weighted by atomic mass is 35.5. The zero-order valence-electron chi connectivity index (χ0n) is 9.67. The molecular formula is C12H12ClFO4. The molecule has 0 spiro atoms. The molecule has 0 unspecified atom stereocenters. The fraction of sp³-hybridized carbons (Fsp3) is 0.417. The molecule has 1 aliphatic rings. The van der Waals surface area contributed by atoms with Crippen LogP contribution in [0.1, 0.15) is 24.8 Å². The third-order valence-electron chi connectivity index (χ3n) is 3.23. The van der Waals surface area contributed by atoms with Crippen LogP contribution in [0.4, 0.5) is 4.39 Å². The van der Waals surface area contributed by atoms with Crippen molar-refractivity contribution in [3.63, 3.8) is 0 Å². The van der Waals surface area contributed by atoms with Crippen LogP contribution < -0.4 is 4.74 Å². The van der Waals surface area contributed by atoms with Crippen LogP contribution >= 0.6 is 11.6 Å². The number of carbonyl (C=O) groups is 1. The van der Waals surface area contributed by atoms with E-state index in [0.717, 1.165) is 6.07 Å². The summed E-state index contributed by atoms with van der Waals surface area (Å²) in [5, 5.41) is 18.4. The van der Waals surface area contributed by atoms with Gasteiger partial charge in [0.1, 0.15) is 5.82 Å². The second kappa shape index (κ2) is 4.31. The second-order valence-corrected chi connectivity index (χ2v) is 4.83. The summed E-state index contributed by atoms with van der Waals surface area (Å²) < 4.78 is 18.6. The molecule has 4 nitrogen and oxygen atoms in total. The Bertz CT molecular complexity index is 511. The van der Waals surface area contributed by atoms with Crippen molar-refractivity contribution in [1.82, 2.24) is 0 Å². The SMILES string of the molecule is COc1c(O)cc(F)c(Cl)c1C1(CC(=O)O)CC1. The van der Waals surface area contributed by atoms with Crippen molar-refractivity contribution in [1.29, 1.82) is 0 Å². The minimum atomic E-state index is -0.991. The normalized spacial score (nSPS) is 16.4. The fourth-order valence-electron chi connectivity index (χ4n) is 2.23. The van der Waals surface area contributed by atoms with Crippen LogP contribution in [0.25, 0.3) is 0 Å². The Kier molecular flexibility index (Phi) is 3.11. The highest BCUT2D eigenvalue weighted by Crippen LogP contribution is 2.58. The van der Waals surface area contributed by atoms with Crippen LogP contribution in [0.5, 0.6) is 11.5 Å². The van der Waals surface area contributed by atoms with Gasteiger partial charge in [-0.25, -0.2) is 4.39 Å². The van der Waals surface area contributed by atoms with Crippen LogP contribution in [-0.4, -0.2) is 23.3 Å². The molecule has 1 aliphatic carbocycles. The number of rotatable bonds is 4. The predicted octanol–water partition coefficient (Wildman–Crippen LogP) is 2.70. The number of benzene rings is 1. The molecule has 0 saturated heterocycles. The lowest BCUT2D eigenvalue weighted by atomic mass is 9.91. The highest BCUT2D eigenvalue weighted by Gasteiger charge is 2.50. The van der Waals surface area contributed by atoms with Gasteiger partial charge in [-0.1, -0.05) is 11.6 Å². The summed E-state index contributed by atoms with van der Waals surface area (Å²) in [6.45, 7) is 0. The number of hydrogen-bond donors (Lipinski definition) is 2. The molecule has 2 N–H and O–H groups in total. The molecule has 1 aromatic rings. The van der Waals surface area contributed by atoms with Crippen LogP contribution in [0.3, 0.4) is 0 Å². The van der Waals surface area contributed by atoms with Crippen molar-refractivity contribution < 1.29 is 24.1 Å². The van der Waals surface area contributed by atoms with Crippen molar-refractivity contribution >= 4 is 17.6 Å². The monoisotopic (exact) mass is 274 g/mol. The number of aliphatic carboxylic acids is 1. The van der Waals surface area contributed by atoms with Crippen molar-refractivity contribution in [2.75, 3.05) is 7.11 Å². The molecule has 0 aliphatic heterocycles. The molecular weight excluding hydrogens is 263 g/mol. The molecule has 1 fully saturated rings. The number of carboxylic acids is 1. The van der Waals surface area contributed by atoms with Crippen molar-refractivity contribution in [3.8, 4) is 11.5 Å². The minimum absolute atomic E-state index is 0.0557. The van der Waals surface area contributed by atoms with Gasteiger partial charge in [-0.05, 0) is 12.8 Å². The maximum Gasteiger partial charge on any atom is 0.304 e. The number of methoxy groups -OCH3 is 1. The maximum atomic E-state index is 13.6. The molecule has 0 radical (unpaired) electrons. The molecule has 0 bridgehead atoms. The maximum absolute atomic E-state index is 13.6. The van der Waals surface area contributed by atoms with E-state index in [1.807, 2.05) is 0 Å². The largest absolute Gasteiger partial charge is 0.504 e. The quantitative estimate of drug-likeness (QED) is 0.886. The number of halogens is 2. The lowest BCUT2D eigenvalue weighted by Crippen LogP contribution is -2.15. The van der Waals surface area contributed by atoms with E-state index in [0.29, 0.717) is 12.8 Å². The van der Waals surface area contributed by atoms with E-state index in [1.165, 1.54) is 7.11 Å². The summed E-state index contributed by atoms with van der Waals surface area (Å²) in [5.74, 6) is -2.08. The number of phenolic OH excluding ortho intramolecular Hbond substituents is 1. The Morgan fingerprint density at radius 2 is 2.22 bits per heavy atom. The topological polar surface area (TPSA) is 66.8 Å². The Balaban J connectivity index is 2.59. The first-order valence-electron chi connectivity index (χ1n) is 5.38. The van der Waals surface area contributed by atoms with Crippen molar-refractivity contribution in [2.45, 2.75) is 24.7 Å². The van der Waals surface area contributed by atoms with Crippen molar-refractivity contribution in [3.05, 3.63) is 22.5 Å². The first kappa shape index (κ1) is 13.0. The Morgan fingerprint density at radius 3 is 2.67 bits per heavy atom. The van der Waals surface area contributed by atoms with Crippen LogP contribution in [-0.2, 0) is 10.2 Å². The average Bonchev–Trinajstić information content (AvgIpc) is 3.02. The van der Waals surface area contributed by atoms with Crippen LogP contribution in [0.15, 0.2) is 6.07 Å². The van der Waals surface area contributed by atoms with Crippen molar-refractivity contribution in [2.24, 2.45) is 0 Å². The van der Waals surface area contributed by atoms with Gasteiger partial charge < -0.3 is 14.9 Å². The van der Waals surface area contributed by atoms with E-state index in [2.05, 4.69) is 0 Å². The molecule has 18 heavy (non-hydrogen) atoms. The minimum Gasteiger partial charge on any atom is -0.504 e. The van der Waals surface area contributed by atoms with Crippen LogP contribution in [0, 0.1) is 5.82 Å². The third kappa shape index (κ3) is 1.99. The molecule has 0 atom stereocenters. The highest BCUT2D eigenvalue weighted by molar-refractivity contribution is 6.32. The fourth-order valence-corrected chi connectivity index (χ4v) is 2.57.